The maximum absolute atomic E-state index is 13.3. The van der Waals surface area contributed by atoms with Crippen molar-refractivity contribution in [3.05, 3.63) is 6.33 Å². The van der Waals surface area contributed by atoms with E-state index in [2.05, 4.69) is 20.3 Å². The van der Waals surface area contributed by atoms with Gasteiger partial charge in [-0.05, 0) is 13.8 Å². The summed E-state index contributed by atoms with van der Waals surface area (Å²) in [5, 5.41) is 3.08. The number of nitrogens with one attached hydrogen (secondary N) is 1. The predicted octanol–water partition coefficient (Wildman–Crippen LogP) is 2.08. The van der Waals surface area contributed by atoms with Gasteiger partial charge >= 0.3 is 13.6 Å². The van der Waals surface area contributed by atoms with Crippen molar-refractivity contribution in [1.82, 2.24) is 24.8 Å². The first-order valence-corrected chi connectivity index (χ1v) is 13.4. The van der Waals surface area contributed by atoms with E-state index in [1.54, 1.807) is 24.7 Å². The lowest BCUT2D eigenvalue weighted by Crippen LogP contribution is -2.39. The molecule has 2 saturated heterocycles. The Kier molecular flexibility index (Phi) is 7.62. The lowest BCUT2D eigenvalue weighted by molar-refractivity contribution is -0.147. The van der Waals surface area contributed by atoms with Crippen molar-refractivity contribution in [1.29, 1.82) is 0 Å². The Morgan fingerprint density at radius 1 is 1.37 bits per heavy atom. The number of aromatic nitrogens is 4. The smallest absolute Gasteiger partial charge is 0.344 e. The first-order valence-electron chi connectivity index (χ1n) is 11.7. The van der Waals surface area contributed by atoms with Crippen LogP contribution in [0.5, 0.6) is 5.88 Å². The number of ether oxygens (including phenoxy) is 3. The summed E-state index contributed by atoms with van der Waals surface area (Å²) in [4.78, 5) is 24.5. The first kappa shape index (κ1) is 25.8. The molecular weight excluding hydrogens is 479 g/mol. The van der Waals surface area contributed by atoms with E-state index < -0.39 is 26.0 Å². The van der Waals surface area contributed by atoms with Crippen LogP contribution in [-0.2, 0) is 27.9 Å². The number of rotatable bonds is 9. The van der Waals surface area contributed by atoms with Crippen molar-refractivity contribution in [2.24, 2.45) is 11.8 Å². The van der Waals surface area contributed by atoms with E-state index in [1.807, 2.05) is 20.8 Å². The number of esters is 1. The van der Waals surface area contributed by atoms with Gasteiger partial charge in [-0.2, -0.15) is 9.97 Å². The molecule has 0 radical (unpaired) electrons. The summed E-state index contributed by atoms with van der Waals surface area (Å²) in [6.07, 6.45) is 0.227. The van der Waals surface area contributed by atoms with Gasteiger partial charge in [0.15, 0.2) is 11.2 Å². The number of fused-ring (bicyclic) bond motifs is 2. The van der Waals surface area contributed by atoms with Crippen LogP contribution in [0.25, 0.3) is 11.2 Å². The molecule has 3 N–H and O–H groups in total. The molecule has 6 atom stereocenters. The standard InChI is InChI=1S/C21H33N6O7P/c1-6-30-18-15-17(25-21(22)26-18)27(9-23-15)19-13(5)16-14(33-19)8-32-35(29,34-16)10-24-12(4)7-31-20(28)11(2)3/h9,11-14,16,19,24H,6-8,10H2,1-5H3,(H2,22,25,26)/t12-,13-,14+,16-,19+,35-/m0/s1. The highest BCUT2D eigenvalue weighted by molar-refractivity contribution is 7.53. The van der Waals surface area contributed by atoms with Crippen LogP contribution >= 0.6 is 7.60 Å². The topological polar surface area (TPSA) is 162 Å². The molecule has 14 heteroatoms. The van der Waals surface area contributed by atoms with Crippen molar-refractivity contribution < 1.29 is 32.6 Å². The average molecular weight is 513 g/mol. The molecule has 35 heavy (non-hydrogen) atoms. The van der Waals surface area contributed by atoms with Crippen molar-refractivity contribution in [2.45, 2.75) is 59.1 Å². The van der Waals surface area contributed by atoms with Crippen LogP contribution in [-0.4, -0.2) is 69.8 Å². The van der Waals surface area contributed by atoms with Gasteiger partial charge in [-0.3, -0.25) is 13.9 Å². The summed E-state index contributed by atoms with van der Waals surface area (Å²) in [5.74, 6) is -0.311. The summed E-state index contributed by atoms with van der Waals surface area (Å²) < 4.78 is 43.6. The SMILES string of the molecule is CCOc1nc(N)nc2c1ncn2[C@@H]1O[C@@H]2CO[P@@](=O)(CN[C@@H](C)COC(=O)C(C)C)O[C@H]2[C@@H]1C. The number of hydrogen-bond donors (Lipinski definition) is 2. The maximum Gasteiger partial charge on any atom is 0.344 e. The van der Waals surface area contributed by atoms with Gasteiger partial charge < -0.3 is 34.3 Å². The Morgan fingerprint density at radius 3 is 2.86 bits per heavy atom. The predicted molar refractivity (Wildman–Crippen MR) is 126 cm³/mol. The van der Waals surface area contributed by atoms with Crippen molar-refractivity contribution >= 4 is 30.7 Å². The van der Waals surface area contributed by atoms with E-state index >= 15 is 0 Å². The van der Waals surface area contributed by atoms with Gasteiger partial charge in [-0.15, -0.1) is 0 Å². The molecular formula is C21H33N6O7P. The Morgan fingerprint density at radius 2 is 2.14 bits per heavy atom. The molecule has 2 aromatic heterocycles. The quantitative estimate of drug-likeness (QED) is 0.372. The Hall–Kier alpha value is -2.31. The second kappa shape index (κ2) is 10.4. The molecule has 13 nitrogen and oxygen atoms in total. The Labute approximate surface area is 203 Å². The molecule has 0 unspecified atom stereocenters. The number of nitrogens with two attached hydrogens (primary N) is 1. The molecule has 0 saturated carbocycles. The van der Waals surface area contributed by atoms with Gasteiger partial charge in [0.05, 0.1) is 31.7 Å². The van der Waals surface area contributed by atoms with E-state index in [0.717, 1.165) is 0 Å². The number of carbonyl (C=O) groups excluding carboxylic acids is 1. The largest absolute Gasteiger partial charge is 0.476 e. The van der Waals surface area contributed by atoms with E-state index in [-0.39, 0.29) is 49.3 Å². The number of imidazole rings is 1. The van der Waals surface area contributed by atoms with Crippen LogP contribution in [0.1, 0.15) is 40.8 Å². The van der Waals surface area contributed by atoms with E-state index in [9.17, 15) is 9.36 Å². The number of nitrogen functional groups attached to an aromatic ring is 1. The average Bonchev–Trinajstić information content (AvgIpc) is 3.37. The lowest BCUT2D eigenvalue weighted by Gasteiger charge is -2.33. The van der Waals surface area contributed by atoms with Gasteiger partial charge in [0.25, 0.3) is 0 Å². The van der Waals surface area contributed by atoms with Gasteiger partial charge in [0, 0.05) is 12.0 Å². The monoisotopic (exact) mass is 512 g/mol. The van der Waals surface area contributed by atoms with Gasteiger partial charge in [-0.25, -0.2) is 4.98 Å². The van der Waals surface area contributed by atoms with Crippen LogP contribution in [0.4, 0.5) is 5.95 Å². The van der Waals surface area contributed by atoms with Gasteiger partial charge in [-0.1, -0.05) is 20.8 Å². The molecule has 4 heterocycles. The van der Waals surface area contributed by atoms with Gasteiger partial charge in [0.2, 0.25) is 11.8 Å². The normalized spacial score (nSPS) is 29.3. The summed E-state index contributed by atoms with van der Waals surface area (Å²) in [7, 11) is -3.44. The Bertz CT molecular complexity index is 1110. The summed E-state index contributed by atoms with van der Waals surface area (Å²) in [6.45, 7) is 9.85. The third kappa shape index (κ3) is 5.44. The second-order valence-corrected chi connectivity index (χ2v) is 11.1. The van der Waals surface area contributed by atoms with Crippen molar-refractivity contribution in [3.8, 4) is 5.88 Å². The minimum Gasteiger partial charge on any atom is -0.476 e. The molecule has 0 bridgehead atoms. The highest BCUT2D eigenvalue weighted by Gasteiger charge is 2.51. The zero-order valence-corrected chi connectivity index (χ0v) is 21.4. The van der Waals surface area contributed by atoms with E-state index in [1.165, 1.54) is 0 Å². The van der Waals surface area contributed by atoms with Crippen LogP contribution in [0.15, 0.2) is 6.33 Å². The summed E-state index contributed by atoms with van der Waals surface area (Å²) in [6, 6.07) is -0.222. The third-order valence-corrected chi connectivity index (χ3v) is 7.59. The fourth-order valence-electron chi connectivity index (χ4n) is 4.01. The molecule has 2 aliphatic heterocycles. The van der Waals surface area contributed by atoms with Gasteiger partial charge in [0.1, 0.15) is 25.0 Å². The zero-order valence-electron chi connectivity index (χ0n) is 20.5. The maximum atomic E-state index is 13.3. The molecule has 2 aromatic rings. The van der Waals surface area contributed by atoms with E-state index in [4.69, 9.17) is 29.0 Å². The van der Waals surface area contributed by atoms with Crippen LogP contribution in [0.2, 0.25) is 0 Å². The Balaban J connectivity index is 1.42. The van der Waals surface area contributed by atoms with Crippen LogP contribution in [0, 0.1) is 11.8 Å². The minimum absolute atomic E-state index is 0.0104. The zero-order chi connectivity index (χ0) is 25.3. The minimum atomic E-state index is -3.44. The number of anilines is 1. The molecule has 2 aliphatic rings. The fourth-order valence-corrected chi connectivity index (χ4v) is 5.85. The number of nitrogens with zero attached hydrogens (tertiary/aromatic N) is 4. The first-order chi connectivity index (χ1) is 16.6. The van der Waals surface area contributed by atoms with Crippen molar-refractivity contribution in [3.63, 3.8) is 0 Å². The lowest BCUT2D eigenvalue weighted by atomic mass is 10.0. The second-order valence-electron chi connectivity index (χ2n) is 9.09. The molecule has 4 rings (SSSR count). The van der Waals surface area contributed by atoms with Crippen molar-refractivity contribution in [2.75, 3.05) is 31.8 Å². The highest BCUT2D eigenvalue weighted by atomic mass is 31.2. The molecule has 0 aromatic carbocycles. The highest BCUT2D eigenvalue weighted by Crippen LogP contribution is 2.56. The third-order valence-electron chi connectivity index (χ3n) is 5.91. The summed E-state index contributed by atoms with van der Waals surface area (Å²) in [5.41, 5.74) is 6.84. The number of carbonyl (C=O) groups is 1. The fraction of sp³-hybridized carbons (Fsp3) is 0.714. The van der Waals surface area contributed by atoms with Crippen LogP contribution in [0.3, 0.4) is 0 Å². The number of hydrogen-bond acceptors (Lipinski definition) is 12. The van der Waals surface area contributed by atoms with Crippen LogP contribution < -0.4 is 15.8 Å². The molecule has 0 aliphatic carbocycles. The summed E-state index contributed by atoms with van der Waals surface area (Å²) >= 11 is 0. The molecule has 0 amide bonds. The van der Waals surface area contributed by atoms with E-state index in [0.29, 0.717) is 23.7 Å². The molecule has 2 fully saturated rings. The molecule has 194 valence electrons. The molecule has 0 spiro atoms.